The summed E-state index contributed by atoms with van der Waals surface area (Å²) < 4.78 is 10.6. The normalized spacial score (nSPS) is 10.4. The molecule has 1 heterocycles. The highest BCUT2D eigenvalue weighted by molar-refractivity contribution is 5.87. The first-order valence-corrected chi connectivity index (χ1v) is 8.45. The zero-order valence-electron chi connectivity index (χ0n) is 14.9. The average Bonchev–Trinajstić information content (AvgIpc) is 2.69. The highest BCUT2D eigenvalue weighted by atomic mass is 16.5. The summed E-state index contributed by atoms with van der Waals surface area (Å²) in [7, 11) is 1.36. The Morgan fingerprint density at radius 2 is 1.73 bits per heavy atom. The quantitative estimate of drug-likeness (QED) is 0.622. The number of rotatable bonds is 6. The fraction of sp³-hybridized carbons (Fsp3) is 0.182. The van der Waals surface area contributed by atoms with Gasteiger partial charge in [0.05, 0.1) is 7.11 Å². The monoisotopic (exact) mass is 347 g/mol. The Morgan fingerprint density at radius 1 is 1.00 bits per heavy atom. The molecule has 0 aliphatic rings. The first kappa shape index (κ1) is 17.7. The van der Waals surface area contributed by atoms with Crippen LogP contribution in [0.1, 0.15) is 32.7 Å². The molecule has 0 N–H and O–H groups in total. The van der Waals surface area contributed by atoms with Crippen molar-refractivity contribution in [3.8, 4) is 5.75 Å². The van der Waals surface area contributed by atoms with Crippen LogP contribution in [0.5, 0.6) is 5.75 Å². The van der Waals surface area contributed by atoms with Crippen molar-refractivity contribution in [2.45, 2.75) is 20.0 Å². The Labute approximate surface area is 153 Å². The molecule has 0 aliphatic carbocycles. The van der Waals surface area contributed by atoms with E-state index < -0.39 is 5.97 Å². The molecule has 0 atom stereocenters. The Hall–Kier alpha value is -3.14. The molecule has 2 aromatic carbocycles. The molecule has 0 saturated heterocycles. The predicted molar refractivity (Wildman–Crippen MR) is 100 cm³/mol. The third-order valence-electron chi connectivity index (χ3n) is 4.18. The van der Waals surface area contributed by atoms with Crippen LogP contribution in [-0.2, 0) is 17.8 Å². The maximum Gasteiger partial charge on any atom is 0.356 e. The van der Waals surface area contributed by atoms with Crippen LogP contribution < -0.4 is 4.74 Å². The van der Waals surface area contributed by atoms with Gasteiger partial charge in [-0.15, -0.1) is 0 Å². The number of aryl methyl sites for hydroxylation is 1. The van der Waals surface area contributed by atoms with Gasteiger partial charge in [-0.25, -0.2) is 9.78 Å². The number of aromatic nitrogens is 1. The second kappa shape index (κ2) is 8.30. The van der Waals surface area contributed by atoms with Crippen molar-refractivity contribution in [1.29, 1.82) is 0 Å². The summed E-state index contributed by atoms with van der Waals surface area (Å²) >= 11 is 0. The van der Waals surface area contributed by atoms with Crippen LogP contribution in [0, 0.1) is 6.92 Å². The van der Waals surface area contributed by atoms with E-state index in [-0.39, 0.29) is 0 Å². The fourth-order valence-electron chi connectivity index (χ4n) is 2.64. The molecule has 0 saturated carbocycles. The topological polar surface area (TPSA) is 48.4 Å². The van der Waals surface area contributed by atoms with Gasteiger partial charge < -0.3 is 9.47 Å². The van der Waals surface area contributed by atoms with E-state index in [1.807, 2.05) is 61.5 Å². The van der Waals surface area contributed by atoms with Gasteiger partial charge >= 0.3 is 5.97 Å². The number of carbonyl (C=O) groups is 1. The largest absolute Gasteiger partial charge is 0.489 e. The Bertz CT molecular complexity index is 874. The molecule has 0 spiro atoms. The lowest BCUT2D eigenvalue weighted by Crippen LogP contribution is -2.06. The number of hydrogen-bond donors (Lipinski definition) is 0. The highest BCUT2D eigenvalue weighted by Gasteiger charge is 2.10. The molecule has 26 heavy (non-hydrogen) atoms. The lowest BCUT2D eigenvalue weighted by molar-refractivity contribution is 0.0594. The summed E-state index contributed by atoms with van der Waals surface area (Å²) in [6.07, 6.45) is 2.43. The number of ether oxygens (including phenoxy) is 2. The molecule has 0 fully saturated rings. The Kier molecular flexibility index (Phi) is 5.64. The van der Waals surface area contributed by atoms with E-state index in [0.29, 0.717) is 12.3 Å². The molecule has 4 nitrogen and oxygen atoms in total. The number of pyridine rings is 1. The minimum absolute atomic E-state index is 0.330. The van der Waals surface area contributed by atoms with Crippen LogP contribution >= 0.6 is 0 Å². The van der Waals surface area contributed by atoms with Gasteiger partial charge in [0.1, 0.15) is 18.1 Å². The molecule has 3 aromatic rings. The van der Waals surface area contributed by atoms with E-state index in [0.717, 1.165) is 34.4 Å². The van der Waals surface area contributed by atoms with Gasteiger partial charge in [0, 0.05) is 6.20 Å². The van der Waals surface area contributed by atoms with Gasteiger partial charge in [-0.05, 0) is 53.8 Å². The summed E-state index contributed by atoms with van der Waals surface area (Å²) in [5.41, 5.74) is 4.71. The van der Waals surface area contributed by atoms with E-state index in [9.17, 15) is 4.79 Å². The third-order valence-corrected chi connectivity index (χ3v) is 4.18. The summed E-state index contributed by atoms with van der Waals surface area (Å²) in [6.45, 7) is 2.53. The molecular weight excluding hydrogens is 326 g/mol. The molecule has 0 bridgehead atoms. The van der Waals surface area contributed by atoms with Gasteiger partial charge in [0.2, 0.25) is 0 Å². The van der Waals surface area contributed by atoms with Crippen LogP contribution in [0.3, 0.4) is 0 Å². The molecule has 0 unspecified atom stereocenters. The smallest absolute Gasteiger partial charge is 0.356 e. The van der Waals surface area contributed by atoms with Crippen LogP contribution in [0.25, 0.3) is 0 Å². The summed E-state index contributed by atoms with van der Waals surface area (Å²) in [5, 5.41) is 0. The van der Waals surface area contributed by atoms with Crippen molar-refractivity contribution in [2.75, 3.05) is 7.11 Å². The van der Waals surface area contributed by atoms with Gasteiger partial charge in [-0.1, -0.05) is 42.5 Å². The van der Waals surface area contributed by atoms with Crippen molar-refractivity contribution in [1.82, 2.24) is 4.98 Å². The maximum absolute atomic E-state index is 11.7. The number of esters is 1. The van der Waals surface area contributed by atoms with Crippen molar-refractivity contribution < 1.29 is 14.3 Å². The second-order valence-corrected chi connectivity index (χ2v) is 6.08. The van der Waals surface area contributed by atoms with Crippen molar-refractivity contribution in [3.05, 3.63) is 94.8 Å². The fourth-order valence-corrected chi connectivity index (χ4v) is 2.64. The van der Waals surface area contributed by atoms with E-state index in [1.54, 1.807) is 12.3 Å². The molecule has 3 rings (SSSR count). The van der Waals surface area contributed by atoms with Crippen LogP contribution in [0.15, 0.2) is 66.9 Å². The average molecular weight is 347 g/mol. The Morgan fingerprint density at radius 3 is 2.42 bits per heavy atom. The number of nitrogens with zero attached hydrogens (tertiary/aromatic N) is 1. The number of hydrogen-bond acceptors (Lipinski definition) is 4. The lowest BCUT2D eigenvalue weighted by atomic mass is 10.0. The van der Waals surface area contributed by atoms with Crippen molar-refractivity contribution >= 4 is 5.97 Å². The molecule has 132 valence electrons. The first-order chi connectivity index (χ1) is 12.7. The molecule has 1 aromatic heterocycles. The standard InChI is InChI=1S/C22H21NO3/c1-16-14-23-21(22(24)25-2)13-19(16)12-17-8-10-20(11-9-17)26-15-18-6-4-3-5-7-18/h3-11,13-14H,12,15H2,1-2H3. The summed E-state index contributed by atoms with van der Waals surface area (Å²) in [5.74, 6) is 0.412. The Balaban J connectivity index is 1.66. The first-order valence-electron chi connectivity index (χ1n) is 8.45. The summed E-state index contributed by atoms with van der Waals surface area (Å²) in [6, 6.07) is 19.9. The lowest BCUT2D eigenvalue weighted by Gasteiger charge is -2.09. The second-order valence-electron chi connectivity index (χ2n) is 6.08. The van der Waals surface area contributed by atoms with Crippen molar-refractivity contribution in [2.24, 2.45) is 0 Å². The number of methoxy groups -OCH3 is 1. The van der Waals surface area contributed by atoms with Gasteiger partial charge in [-0.2, -0.15) is 0 Å². The minimum atomic E-state index is -0.420. The van der Waals surface area contributed by atoms with Crippen LogP contribution in [0.4, 0.5) is 0 Å². The molecular formula is C22H21NO3. The molecule has 0 aliphatic heterocycles. The third kappa shape index (κ3) is 4.48. The maximum atomic E-state index is 11.7. The SMILES string of the molecule is COC(=O)c1cc(Cc2ccc(OCc3ccccc3)cc2)c(C)cn1. The van der Waals surface area contributed by atoms with Gasteiger partial charge in [0.15, 0.2) is 0 Å². The number of benzene rings is 2. The summed E-state index contributed by atoms with van der Waals surface area (Å²) in [4.78, 5) is 15.8. The van der Waals surface area contributed by atoms with E-state index in [1.165, 1.54) is 7.11 Å². The molecule has 0 amide bonds. The zero-order chi connectivity index (χ0) is 18.4. The zero-order valence-corrected chi connectivity index (χ0v) is 14.9. The highest BCUT2D eigenvalue weighted by Crippen LogP contribution is 2.19. The van der Waals surface area contributed by atoms with E-state index >= 15 is 0 Å². The van der Waals surface area contributed by atoms with Crippen LogP contribution in [-0.4, -0.2) is 18.1 Å². The van der Waals surface area contributed by atoms with Crippen molar-refractivity contribution in [3.63, 3.8) is 0 Å². The molecule has 0 radical (unpaired) electrons. The predicted octanol–water partition coefficient (Wildman–Crippen LogP) is 4.35. The van der Waals surface area contributed by atoms with E-state index in [2.05, 4.69) is 4.98 Å². The molecule has 4 heteroatoms. The van der Waals surface area contributed by atoms with Gasteiger partial charge in [-0.3, -0.25) is 0 Å². The van der Waals surface area contributed by atoms with Crippen LogP contribution in [0.2, 0.25) is 0 Å². The van der Waals surface area contributed by atoms with E-state index in [4.69, 9.17) is 9.47 Å². The van der Waals surface area contributed by atoms with Gasteiger partial charge in [0.25, 0.3) is 0 Å². The number of carbonyl (C=O) groups excluding carboxylic acids is 1. The minimum Gasteiger partial charge on any atom is -0.489 e.